The Kier molecular flexibility index (Phi) is 6.11. The van der Waals surface area contributed by atoms with Crippen molar-refractivity contribution in [3.63, 3.8) is 0 Å². The van der Waals surface area contributed by atoms with Crippen molar-refractivity contribution < 1.29 is 4.74 Å². The first kappa shape index (κ1) is 24.8. The summed E-state index contributed by atoms with van der Waals surface area (Å²) in [5.41, 5.74) is 5.86. The summed E-state index contributed by atoms with van der Waals surface area (Å²) in [5.74, 6) is 8.16. The molecule has 10 heteroatoms. The van der Waals surface area contributed by atoms with Crippen LogP contribution in [0.5, 0.6) is 5.75 Å². The maximum atomic E-state index is 9.72. The van der Waals surface area contributed by atoms with E-state index in [0.29, 0.717) is 17.6 Å². The number of nitrogens with zero attached hydrogens (tertiary/aromatic N) is 9. The molecule has 2 atom stereocenters. The third-order valence-corrected chi connectivity index (χ3v) is 7.95. The van der Waals surface area contributed by atoms with Crippen LogP contribution in [0, 0.1) is 23.2 Å². The number of hydrogen-bond donors (Lipinski definition) is 0. The number of methoxy groups -OCH3 is 1. The average molecular weight is 542 g/mol. The molecule has 5 aromatic rings. The van der Waals surface area contributed by atoms with Crippen molar-refractivity contribution in [1.29, 1.82) is 5.26 Å². The van der Waals surface area contributed by atoms with Gasteiger partial charge in [0.25, 0.3) is 0 Å². The molecule has 0 spiro atoms. The molecule has 202 valence electrons. The molecule has 5 aromatic heterocycles. The van der Waals surface area contributed by atoms with Crippen LogP contribution in [0.4, 0.5) is 5.82 Å². The zero-order chi connectivity index (χ0) is 27.9. The highest BCUT2D eigenvalue weighted by Crippen LogP contribution is 2.35. The van der Waals surface area contributed by atoms with Crippen LogP contribution < -0.4 is 9.64 Å². The van der Waals surface area contributed by atoms with E-state index in [1.54, 1.807) is 28.7 Å². The summed E-state index contributed by atoms with van der Waals surface area (Å²) in [4.78, 5) is 14.0. The monoisotopic (exact) mass is 541 g/mol. The van der Waals surface area contributed by atoms with Crippen LogP contribution in [0.2, 0.25) is 0 Å². The van der Waals surface area contributed by atoms with Crippen LogP contribution in [0.1, 0.15) is 17.7 Å². The zero-order valence-electron chi connectivity index (χ0n) is 22.8. The van der Waals surface area contributed by atoms with Crippen LogP contribution in [0.15, 0.2) is 67.5 Å². The smallest absolute Gasteiger partial charge is 0.137 e. The maximum Gasteiger partial charge on any atom is 0.137 e. The summed E-state index contributed by atoms with van der Waals surface area (Å²) in [5, 5.41) is 18.5. The molecule has 8 heterocycles. The van der Waals surface area contributed by atoms with E-state index in [1.807, 2.05) is 44.0 Å². The Morgan fingerprint density at radius 3 is 2.51 bits per heavy atom. The van der Waals surface area contributed by atoms with Gasteiger partial charge in [0.2, 0.25) is 0 Å². The number of piperazine rings is 1. The zero-order valence-corrected chi connectivity index (χ0v) is 22.8. The molecule has 2 bridgehead atoms. The van der Waals surface area contributed by atoms with E-state index in [1.165, 1.54) is 6.42 Å². The predicted octanol–water partition coefficient (Wildman–Crippen LogP) is 3.39. The van der Waals surface area contributed by atoms with Crippen molar-refractivity contribution in [3.8, 4) is 45.9 Å². The molecule has 10 nitrogen and oxygen atoms in total. The normalized spacial score (nSPS) is 17.9. The molecule has 0 aliphatic carbocycles. The third-order valence-electron chi connectivity index (χ3n) is 7.95. The number of aryl methyl sites for hydroxylation is 1. The van der Waals surface area contributed by atoms with Crippen LogP contribution in [-0.4, -0.2) is 73.1 Å². The van der Waals surface area contributed by atoms with E-state index < -0.39 is 0 Å². The fraction of sp³-hybridized carbons (Fsp3) is 0.258. The number of piperidine rings is 1. The van der Waals surface area contributed by atoms with Gasteiger partial charge in [-0.2, -0.15) is 15.5 Å². The van der Waals surface area contributed by atoms with Gasteiger partial charge in [0.1, 0.15) is 23.3 Å². The summed E-state index contributed by atoms with van der Waals surface area (Å²) in [7, 11) is 3.52. The van der Waals surface area contributed by atoms with Gasteiger partial charge in [-0.05, 0) is 42.7 Å². The standard InChI is InChI=1S/C31H27N9O/c1-37-17-24(15-35-37)22-10-29(31-23(12-32)14-36-40(31)18-22)21-5-8-30(34-13-21)38-19-26-11-27(20-38)39(26)9-3-4-25-6-7-28(41-2)16-33-25/h5-8,10,13-18,26-27H,9,11,19-20H2,1-2H3. The maximum absolute atomic E-state index is 9.72. The minimum absolute atomic E-state index is 0.467. The summed E-state index contributed by atoms with van der Waals surface area (Å²) in [6.07, 6.45) is 12.1. The minimum atomic E-state index is 0.467. The highest BCUT2D eigenvalue weighted by molar-refractivity contribution is 5.87. The minimum Gasteiger partial charge on any atom is -0.495 e. The van der Waals surface area contributed by atoms with Crippen molar-refractivity contribution in [2.24, 2.45) is 7.05 Å². The van der Waals surface area contributed by atoms with Crippen LogP contribution >= 0.6 is 0 Å². The lowest BCUT2D eigenvalue weighted by Gasteiger charge is -2.56. The van der Waals surface area contributed by atoms with E-state index in [-0.39, 0.29) is 0 Å². The molecule has 0 aromatic carbocycles. The molecular formula is C31H27N9O. The van der Waals surface area contributed by atoms with Gasteiger partial charge < -0.3 is 9.64 Å². The van der Waals surface area contributed by atoms with Crippen molar-refractivity contribution >= 4 is 11.3 Å². The van der Waals surface area contributed by atoms with E-state index in [2.05, 4.69) is 61.1 Å². The second-order valence-electron chi connectivity index (χ2n) is 10.4. The second-order valence-corrected chi connectivity index (χ2v) is 10.4. The molecule has 3 saturated heterocycles. The highest BCUT2D eigenvalue weighted by Gasteiger charge is 2.44. The van der Waals surface area contributed by atoms with E-state index in [4.69, 9.17) is 9.72 Å². The molecule has 0 saturated carbocycles. The molecule has 0 radical (unpaired) electrons. The molecule has 3 aliphatic heterocycles. The van der Waals surface area contributed by atoms with Gasteiger partial charge in [-0.3, -0.25) is 9.58 Å². The fourth-order valence-electron chi connectivity index (χ4n) is 5.81. The van der Waals surface area contributed by atoms with Gasteiger partial charge in [-0.1, -0.05) is 5.92 Å². The van der Waals surface area contributed by atoms with Crippen LogP contribution in [-0.2, 0) is 7.05 Å². The SMILES string of the molecule is COc1ccc(C#CCN2C3CC2CN(c2ccc(-c4cc(-c5cnn(C)c5)cn5ncc(C#N)c45)cn2)C3)nc1. The van der Waals surface area contributed by atoms with Gasteiger partial charge in [0.05, 0.1) is 43.3 Å². The number of pyridine rings is 3. The Labute approximate surface area is 237 Å². The lowest BCUT2D eigenvalue weighted by Crippen LogP contribution is -2.68. The van der Waals surface area contributed by atoms with E-state index >= 15 is 0 Å². The molecule has 3 fully saturated rings. The summed E-state index contributed by atoms with van der Waals surface area (Å²) >= 11 is 0. The van der Waals surface area contributed by atoms with Gasteiger partial charge in [0.15, 0.2) is 0 Å². The highest BCUT2D eigenvalue weighted by atomic mass is 16.5. The molecule has 2 unspecified atom stereocenters. The molecule has 0 amide bonds. The van der Waals surface area contributed by atoms with Crippen molar-refractivity contribution in [2.75, 3.05) is 31.6 Å². The largest absolute Gasteiger partial charge is 0.495 e. The van der Waals surface area contributed by atoms with Gasteiger partial charge in [-0.25, -0.2) is 14.5 Å². The quantitative estimate of drug-likeness (QED) is 0.312. The predicted molar refractivity (Wildman–Crippen MR) is 154 cm³/mol. The lowest BCUT2D eigenvalue weighted by atomic mass is 9.87. The Morgan fingerprint density at radius 1 is 0.951 bits per heavy atom. The van der Waals surface area contributed by atoms with Gasteiger partial charge in [-0.15, -0.1) is 0 Å². The first-order valence-corrected chi connectivity index (χ1v) is 13.5. The first-order chi connectivity index (χ1) is 20.1. The topological polar surface area (TPSA) is 100 Å². The van der Waals surface area contributed by atoms with E-state index in [9.17, 15) is 5.26 Å². The summed E-state index contributed by atoms with van der Waals surface area (Å²) in [6.45, 7) is 2.58. The average Bonchev–Trinajstić information content (AvgIpc) is 3.65. The molecule has 0 N–H and O–H groups in total. The molecule has 3 aliphatic rings. The molecule has 41 heavy (non-hydrogen) atoms. The van der Waals surface area contributed by atoms with E-state index in [0.717, 1.165) is 64.7 Å². The number of fused-ring (bicyclic) bond motifs is 3. The number of aromatic nitrogens is 6. The van der Waals surface area contributed by atoms with Crippen LogP contribution in [0.3, 0.4) is 0 Å². The number of nitriles is 1. The number of rotatable bonds is 5. The number of anilines is 1. The first-order valence-electron chi connectivity index (χ1n) is 13.5. The van der Waals surface area contributed by atoms with Crippen molar-refractivity contribution in [1.82, 2.24) is 34.3 Å². The van der Waals surface area contributed by atoms with Crippen molar-refractivity contribution in [2.45, 2.75) is 18.5 Å². The Balaban J connectivity index is 1.08. The Hall–Kier alpha value is -5.19. The second kappa shape index (κ2) is 10.1. The fourth-order valence-corrected chi connectivity index (χ4v) is 5.81. The summed E-state index contributed by atoms with van der Waals surface area (Å²) < 4.78 is 8.70. The Morgan fingerprint density at radius 2 is 1.83 bits per heavy atom. The Bertz CT molecular complexity index is 1830. The van der Waals surface area contributed by atoms with Crippen molar-refractivity contribution in [3.05, 3.63) is 78.8 Å². The van der Waals surface area contributed by atoms with Gasteiger partial charge in [0, 0.05) is 73.1 Å². The lowest BCUT2D eigenvalue weighted by molar-refractivity contribution is 0.0125. The summed E-state index contributed by atoms with van der Waals surface area (Å²) in [6, 6.07) is 13.2. The number of hydrogen-bond acceptors (Lipinski definition) is 8. The molecule has 8 rings (SSSR count). The third kappa shape index (κ3) is 4.54. The number of ether oxygens (including phenoxy) is 1. The molecular weight excluding hydrogens is 514 g/mol. The van der Waals surface area contributed by atoms with Gasteiger partial charge >= 0.3 is 0 Å². The van der Waals surface area contributed by atoms with Crippen LogP contribution in [0.25, 0.3) is 27.8 Å².